The molecule has 0 fully saturated rings. The summed E-state index contributed by atoms with van der Waals surface area (Å²) in [6.07, 6.45) is 1.71. The minimum absolute atomic E-state index is 0.203. The zero-order chi connectivity index (χ0) is 26.5. The van der Waals surface area contributed by atoms with Gasteiger partial charge in [0.2, 0.25) is 0 Å². The molecule has 3 aromatic heterocycles. The molecule has 0 saturated carbocycles. The molecule has 14 heteroatoms. The predicted molar refractivity (Wildman–Crippen MR) is 148 cm³/mol. The number of thiazole rings is 1. The lowest BCUT2D eigenvalue weighted by molar-refractivity contribution is 0.0945. The largest absolute Gasteiger partial charge is 0.382 e. The molecule has 0 spiro atoms. The zero-order valence-electron chi connectivity index (χ0n) is 20.0. The highest BCUT2D eigenvalue weighted by Crippen LogP contribution is 2.31. The van der Waals surface area contributed by atoms with Crippen LogP contribution in [-0.4, -0.2) is 70.7 Å². The molecule has 192 valence electrons. The number of benzene rings is 1. The number of anilines is 3. The van der Waals surface area contributed by atoms with Crippen molar-refractivity contribution in [1.29, 1.82) is 5.26 Å². The summed E-state index contributed by atoms with van der Waals surface area (Å²) in [6.45, 7) is 2.14. The first-order valence-electron chi connectivity index (χ1n) is 11.2. The number of amides is 1. The summed E-state index contributed by atoms with van der Waals surface area (Å²) in [5.74, 6) is 0.440. The van der Waals surface area contributed by atoms with E-state index in [0.29, 0.717) is 68.8 Å². The monoisotopic (exact) mass is 558 g/mol. The third kappa shape index (κ3) is 6.39. The molecule has 0 aliphatic heterocycles. The second-order valence-corrected chi connectivity index (χ2v) is 10.1. The molecule has 1 amide bonds. The Morgan fingerprint density at radius 2 is 1.97 bits per heavy atom. The molecule has 0 bridgehead atoms. The normalized spacial score (nSPS) is 11.0. The van der Waals surface area contributed by atoms with Crippen molar-refractivity contribution in [3.63, 3.8) is 0 Å². The van der Waals surface area contributed by atoms with E-state index >= 15 is 0 Å². The number of hydrogen-bond donors (Lipinski definition) is 4. The fourth-order valence-corrected chi connectivity index (χ4v) is 4.59. The summed E-state index contributed by atoms with van der Waals surface area (Å²) < 4.78 is 1.60. The fourth-order valence-electron chi connectivity index (χ4n) is 3.38. The highest BCUT2D eigenvalue weighted by atomic mass is 35.5. The number of carbonyl (C=O) groups is 1. The Labute approximate surface area is 227 Å². The van der Waals surface area contributed by atoms with Crippen molar-refractivity contribution in [3.8, 4) is 17.3 Å². The summed E-state index contributed by atoms with van der Waals surface area (Å²) in [4.78, 5) is 23.9. The summed E-state index contributed by atoms with van der Waals surface area (Å²) in [5.41, 5.74) is 7.84. The summed E-state index contributed by atoms with van der Waals surface area (Å²) in [6, 6.07) is 8.85. The van der Waals surface area contributed by atoms with Crippen molar-refractivity contribution in [2.75, 3.05) is 56.6 Å². The lowest BCUT2D eigenvalue weighted by Crippen LogP contribution is -2.31. The van der Waals surface area contributed by atoms with Gasteiger partial charge in [0.15, 0.2) is 22.5 Å². The number of nitrogens with one attached hydrogen (secondary N) is 3. The number of nitrogens with two attached hydrogens (primary N) is 1. The van der Waals surface area contributed by atoms with Gasteiger partial charge in [-0.15, -0.1) is 0 Å². The number of fused-ring (bicyclic) bond motifs is 1. The van der Waals surface area contributed by atoms with Gasteiger partial charge in [-0.25, -0.2) is 14.5 Å². The lowest BCUT2D eigenvalue weighted by atomic mass is 10.1. The molecular weight excluding hydrogens is 535 g/mol. The van der Waals surface area contributed by atoms with E-state index in [9.17, 15) is 4.79 Å². The molecule has 0 atom stereocenters. The van der Waals surface area contributed by atoms with Crippen LogP contribution in [0.1, 0.15) is 15.4 Å². The molecule has 0 aliphatic carbocycles. The number of nitriles is 1. The van der Waals surface area contributed by atoms with Gasteiger partial charge >= 0.3 is 0 Å². The van der Waals surface area contributed by atoms with Gasteiger partial charge < -0.3 is 26.6 Å². The van der Waals surface area contributed by atoms with Gasteiger partial charge in [-0.1, -0.05) is 34.5 Å². The minimum atomic E-state index is -0.279. The zero-order valence-corrected chi connectivity index (χ0v) is 22.4. The van der Waals surface area contributed by atoms with Crippen LogP contribution in [0.5, 0.6) is 0 Å². The van der Waals surface area contributed by atoms with Crippen molar-refractivity contribution in [2.24, 2.45) is 0 Å². The van der Waals surface area contributed by atoms with Crippen LogP contribution in [0.15, 0.2) is 30.5 Å². The summed E-state index contributed by atoms with van der Waals surface area (Å²) in [7, 11) is 3.87. The smallest absolute Gasteiger partial charge is 0.271 e. The number of rotatable bonds is 10. The van der Waals surface area contributed by atoms with Crippen molar-refractivity contribution in [3.05, 3.63) is 51.1 Å². The first-order valence-corrected chi connectivity index (χ1v) is 12.8. The second kappa shape index (κ2) is 11.6. The highest BCUT2D eigenvalue weighted by molar-refractivity contribution is 7.16. The van der Waals surface area contributed by atoms with E-state index in [1.165, 1.54) is 11.3 Å². The van der Waals surface area contributed by atoms with Crippen molar-refractivity contribution in [1.82, 2.24) is 29.8 Å². The van der Waals surface area contributed by atoms with Gasteiger partial charge in [-0.05, 0) is 32.3 Å². The predicted octanol–water partition coefficient (Wildman–Crippen LogP) is 3.43. The minimum Gasteiger partial charge on any atom is -0.382 e. The Morgan fingerprint density at radius 3 is 2.68 bits per heavy atom. The van der Waals surface area contributed by atoms with Crippen LogP contribution in [0.25, 0.3) is 16.8 Å². The number of aromatic nitrogens is 4. The third-order valence-electron chi connectivity index (χ3n) is 5.19. The molecule has 0 aliphatic rings. The van der Waals surface area contributed by atoms with E-state index < -0.39 is 0 Å². The molecule has 11 nitrogen and oxygen atoms in total. The number of likely N-dealkylation sites (N-methyl/N-ethyl adjacent to an activating group) is 1. The quantitative estimate of drug-likeness (QED) is 0.214. The Kier molecular flexibility index (Phi) is 8.30. The van der Waals surface area contributed by atoms with Gasteiger partial charge in [0.1, 0.15) is 16.5 Å². The molecular formula is C23H24Cl2N10OS. The second-order valence-electron chi connectivity index (χ2n) is 8.22. The molecule has 37 heavy (non-hydrogen) atoms. The van der Waals surface area contributed by atoms with Crippen LogP contribution in [0.4, 0.5) is 16.8 Å². The van der Waals surface area contributed by atoms with Gasteiger partial charge in [-0.3, -0.25) is 4.79 Å². The van der Waals surface area contributed by atoms with E-state index in [4.69, 9.17) is 39.2 Å². The number of nitrogen functional groups attached to an aromatic ring is 1. The molecule has 3 heterocycles. The Balaban J connectivity index is 1.59. The standard InChI is InChI=1S/C23H24Cl2N10OS/c1-34(2)8-7-29-22(36)16-10-18-21(28-5-6-30-23-32-20(27)19(11-26)37-23)31-17(12-35(18)33-16)14-4-3-13(24)9-15(14)25/h3-4,9-10,12H,5-8,27H2,1-2H3,(H,28,31)(H,29,36)(H,30,32). The Morgan fingerprint density at radius 1 is 1.19 bits per heavy atom. The fraction of sp³-hybridized carbons (Fsp3) is 0.261. The van der Waals surface area contributed by atoms with Crippen LogP contribution in [0.3, 0.4) is 0 Å². The number of hydrogen-bond acceptors (Lipinski definition) is 10. The van der Waals surface area contributed by atoms with Gasteiger partial charge in [0, 0.05) is 42.8 Å². The van der Waals surface area contributed by atoms with Crippen molar-refractivity contribution in [2.45, 2.75) is 0 Å². The first-order chi connectivity index (χ1) is 17.7. The van der Waals surface area contributed by atoms with E-state index in [2.05, 4.69) is 26.0 Å². The van der Waals surface area contributed by atoms with E-state index in [1.807, 2.05) is 25.1 Å². The highest BCUT2D eigenvalue weighted by Gasteiger charge is 2.17. The summed E-state index contributed by atoms with van der Waals surface area (Å²) >= 11 is 13.7. The molecule has 4 rings (SSSR count). The van der Waals surface area contributed by atoms with Crippen molar-refractivity contribution >= 4 is 62.7 Å². The van der Waals surface area contributed by atoms with Crippen LogP contribution in [0, 0.1) is 11.3 Å². The van der Waals surface area contributed by atoms with Crippen LogP contribution < -0.4 is 21.7 Å². The van der Waals surface area contributed by atoms with Crippen LogP contribution in [-0.2, 0) is 0 Å². The third-order valence-corrected chi connectivity index (χ3v) is 6.67. The van der Waals surface area contributed by atoms with Crippen LogP contribution in [0.2, 0.25) is 10.0 Å². The maximum atomic E-state index is 12.7. The topological polar surface area (TPSA) is 149 Å². The van der Waals surface area contributed by atoms with Gasteiger partial charge in [0.25, 0.3) is 5.91 Å². The Bertz CT molecular complexity index is 1480. The first kappa shape index (κ1) is 26.4. The Hall–Kier alpha value is -3.63. The van der Waals surface area contributed by atoms with Gasteiger partial charge in [0.05, 0.1) is 16.9 Å². The molecule has 0 saturated heterocycles. The molecule has 1 aromatic carbocycles. The molecule has 4 aromatic rings. The lowest BCUT2D eigenvalue weighted by Gasteiger charge is -2.11. The van der Waals surface area contributed by atoms with E-state index in [1.54, 1.807) is 35.0 Å². The summed E-state index contributed by atoms with van der Waals surface area (Å²) in [5, 5.41) is 24.3. The van der Waals surface area contributed by atoms with Gasteiger partial charge in [-0.2, -0.15) is 10.4 Å². The van der Waals surface area contributed by atoms with Crippen molar-refractivity contribution < 1.29 is 4.79 Å². The number of nitrogens with zero attached hydrogens (tertiary/aromatic N) is 6. The maximum Gasteiger partial charge on any atom is 0.271 e. The molecule has 0 radical (unpaired) electrons. The average Bonchev–Trinajstić information content (AvgIpc) is 3.44. The number of halogens is 2. The molecule has 5 N–H and O–H groups in total. The van der Waals surface area contributed by atoms with E-state index in [0.717, 1.165) is 0 Å². The number of carbonyl (C=O) groups excluding carboxylic acids is 1. The van der Waals surface area contributed by atoms with E-state index in [-0.39, 0.29) is 17.4 Å². The average molecular weight is 559 g/mol. The maximum absolute atomic E-state index is 12.7. The SMILES string of the molecule is CN(C)CCNC(=O)c1cc2c(NCCNc3nc(N)c(C#N)s3)nc(-c3ccc(Cl)cc3Cl)cn2n1. The van der Waals surface area contributed by atoms with Crippen LogP contribution >= 0.6 is 34.5 Å². The molecule has 0 unspecified atom stereocenters.